The molecule has 0 radical (unpaired) electrons. The van der Waals surface area contributed by atoms with Crippen molar-refractivity contribution in [3.63, 3.8) is 0 Å². The van der Waals surface area contributed by atoms with Crippen LogP contribution in [0, 0.1) is 13.8 Å². The number of hydrogen-bond acceptors (Lipinski definition) is 4. The van der Waals surface area contributed by atoms with E-state index in [0.717, 1.165) is 23.1 Å². The van der Waals surface area contributed by atoms with E-state index in [9.17, 15) is 4.79 Å². The highest BCUT2D eigenvalue weighted by Crippen LogP contribution is 2.25. The van der Waals surface area contributed by atoms with Crippen LogP contribution in [0.5, 0.6) is 0 Å². The van der Waals surface area contributed by atoms with Gasteiger partial charge in [-0.2, -0.15) is 0 Å². The van der Waals surface area contributed by atoms with Crippen LogP contribution in [-0.4, -0.2) is 29.3 Å². The Morgan fingerprint density at radius 1 is 1.35 bits per heavy atom. The average molecular weight is 313 g/mol. The highest BCUT2D eigenvalue weighted by Gasteiger charge is 2.18. The number of nitrogens with zero attached hydrogens (tertiary/aromatic N) is 2. The first-order valence-electron chi connectivity index (χ1n) is 7.43. The lowest BCUT2D eigenvalue weighted by atomic mass is 10.1. The predicted molar refractivity (Wildman–Crippen MR) is 87.7 cm³/mol. The SMILES string of the molecule is COCCn1ccc2c(NC(=O)c3c(C)noc3C)cccc21. The monoisotopic (exact) mass is 313 g/mol. The summed E-state index contributed by atoms with van der Waals surface area (Å²) >= 11 is 0. The second-order valence-corrected chi connectivity index (χ2v) is 5.39. The lowest BCUT2D eigenvalue weighted by Gasteiger charge is -2.08. The molecular formula is C17H19N3O3. The van der Waals surface area contributed by atoms with Crippen LogP contribution < -0.4 is 5.32 Å². The third-order valence-electron chi connectivity index (χ3n) is 3.86. The molecule has 1 N–H and O–H groups in total. The van der Waals surface area contributed by atoms with Gasteiger partial charge in [0.05, 0.1) is 23.5 Å². The number of aromatic nitrogens is 2. The van der Waals surface area contributed by atoms with Gasteiger partial charge in [-0.3, -0.25) is 4.79 Å². The Labute approximate surface area is 134 Å². The van der Waals surface area contributed by atoms with Gasteiger partial charge < -0.3 is 19.1 Å². The minimum Gasteiger partial charge on any atom is -0.383 e. The highest BCUT2D eigenvalue weighted by molar-refractivity contribution is 6.09. The van der Waals surface area contributed by atoms with E-state index in [2.05, 4.69) is 15.0 Å². The molecule has 0 unspecified atom stereocenters. The van der Waals surface area contributed by atoms with E-state index < -0.39 is 0 Å². The van der Waals surface area contributed by atoms with Crippen molar-refractivity contribution in [2.75, 3.05) is 19.0 Å². The van der Waals surface area contributed by atoms with Crippen LogP contribution in [0.25, 0.3) is 10.9 Å². The minimum absolute atomic E-state index is 0.210. The molecule has 2 heterocycles. The summed E-state index contributed by atoms with van der Waals surface area (Å²) in [5, 5.41) is 7.77. The summed E-state index contributed by atoms with van der Waals surface area (Å²) in [5.41, 5.74) is 2.90. The number of carbonyl (C=O) groups excluding carboxylic acids is 1. The number of carbonyl (C=O) groups is 1. The molecule has 23 heavy (non-hydrogen) atoms. The van der Waals surface area contributed by atoms with Crippen LogP contribution >= 0.6 is 0 Å². The first kappa shape index (κ1) is 15.3. The quantitative estimate of drug-likeness (QED) is 0.785. The number of rotatable bonds is 5. The van der Waals surface area contributed by atoms with Gasteiger partial charge in [0.1, 0.15) is 11.3 Å². The molecule has 6 nitrogen and oxygen atoms in total. The Morgan fingerprint density at radius 2 is 2.17 bits per heavy atom. The molecule has 1 aromatic carbocycles. The van der Waals surface area contributed by atoms with Gasteiger partial charge in [0.15, 0.2) is 0 Å². The van der Waals surface area contributed by atoms with Gasteiger partial charge in [0.2, 0.25) is 0 Å². The third-order valence-corrected chi connectivity index (χ3v) is 3.86. The van der Waals surface area contributed by atoms with E-state index in [-0.39, 0.29) is 5.91 Å². The summed E-state index contributed by atoms with van der Waals surface area (Å²) in [5.74, 6) is 0.309. The standard InChI is InChI=1S/C17H19N3O3/c1-11-16(12(2)23-19-11)17(21)18-14-5-4-6-15-13(14)7-8-20(15)9-10-22-3/h4-8H,9-10H2,1-3H3,(H,18,21). The number of methoxy groups -OCH3 is 1. The maximum atomic E-state index is 12.5. The molecule has 0 saturated heterocycles. The van der Waals surface area contributed by atoms with Gasteiger partial charge in [-0.1, -0.05) is 11.2 Å². The van der Waals surface area contributed by atoms with Crippen molar-refractivity contribution < 1.29 is 14.1 Å². The molecule has 0 fully saturated rings. The number of benzene rings is 1. The maximum absolute atomic E-state index is 12.5. The summed E-state index contributed by atoms with van der Waals surface area (Å²) < 4.78 is 12.3. The van der Waals surface area contributed by atoms with E-state index in [1.807, 2.05) is 30.5 Å². The third kappa shape index (κ3) is 2.85. The molecule has 3 rings (SSSR count). The van der Waals surface area contributed by atoms with Crippen molar-refractivity contribution in [1.29, 1.82) is 0 Å². The van der Waals surface area contributed by atoms with Crippen molar-refractivity contribution >= 4 is 22.5 Å². The molecule has 1 amide bonds. The van der Waals surface area contributed by atoms with E-state index in [1.54, 1.807) is 21.0 Å². The summed E-state index contributed by atoms with van der Waals surface area (Å²) in [6.07, 6.45) is 2.00. The number of aryl methyl sites for hydroxylation is 2. The van der Waals surface area contributed by atoms with Gasteiger partial charge >= 0.3 is 0 Å². The Morgan fingerprint density at radius 3 is 2.87 bits per heavy atom. The first-order valence-corrected chi connectivity index (χ1v) is 7.43. The number of hydrogen-bond donors (Lipinski definition) is 1. The smallest absolute Gasteiger partial charge is 0.261 e. The molecule has 0 spiro atoms. The molecule has 0 aliphatic carbocycles. The molecule has 0 atom stereocenters. The molecule has 0 aliphatic heterocycles. The van der Waals surface area contributed by atoms with Gasteiger partial charge in [-0.05, 0) is 32.0 Å². The van der Waals surface area contributed by atoms with E-state index in [0.29, 0.717) is 23.6 Å². The number of fused-ring (bicyclic) bond motifs is 1. The summed E-state index contributed by atoms with van der Waals surface area (Å²) in [4.78, 5) is 12.5. The fraction of sp³-hybridized carbons (Fsp3) is 0.294. The van der Waals surface area contributed by atoms with Gasteiger partial charge in [-0.15, -0.1) is 0 Å². The van der Waals surface area contributed by atoms with Crippen molar-refractivity contribution in [3.05, 3.63) is 47.5 Å². The van der Waals surface area contributed by atoms with Crippen molar-refractivity contribution in [2.45, 2.75) is 20.4 Å². The number of ether oxygens (including phenoxy) is 1. The first-order chi connectivity index (χ1) is 11.1. The zero-order valence-electron chi connectivity index (χ0n) is 13.4. The normalized spacial score (nSPS) is 11.1. The van der Waals surface area contributed by atoms with E-state index in [4.69, 9.17) is 9.26 Å². The molecule has 6 heteroatoms. The average Bonchev–Trinajstić information content (AvgIpc) is 3.09. The second-order valence-electron chi connectivity index (χ2n) is 5.39. The second kappa shape index (κ2) is 6.26. The summed E-state index contributed by atoms with van der Waals surface area (Å²) in [7, 11) is 1.68. The summed E-state index contributed by atoms with van der Waals surface area (Å²) in [6, 6.07) is 7.83. The number of nitrogens with one attached hydrogen (secondary N) is 1. The Kier molecular flexibility index (Phi) is 4.16. The van der Waals surface area contributed by atoms with Gasteiger partial charge in [0.25, 0.3) is 5.91 Å². The molecule has 0 bridgehead atoms. The Bertz CT molecular complexity index is 829. The molecule has 120 valence electrons. The van der Waals surface area contributed by atoms with Crippen LogP contribution in [0.15, 0.2) is 35.0 Å². The van der Waals surface area contributed by atoms with Crippen LogP contribution in [0.1, 0.15) is 21.8 Å². The predicted octanol–water partition coefficient (Wildman–Crippen LogP) is 3.14. The van der Waals surface area contributed by atoms with E-state index >= 15 is 0 Å². The number of amides is 1. The fourth-order valence-electron chi connectivity index (χ4n) is 2.71. The number of anilines is 1. The molecule has 0 saturated carbocycles. The zero-order chi connectivity index (χ0) is 16.4. The van der Waals surface area contributed by atoms with Gasteiger partial charge in [0, 0.05) is 25.2 Å². The lowest BCUT2D eigenvalue weighted by Crippen LogP contribution is -2.13. The molecular weight excluding hydrogens is 294 g/mol. The largest absolute Gasteiger partial charge is 0.383 e. The van der Waals surface area contributed by atoms with Crippen molar-refractivity contribution in [3.8, 4) is 0 Å². The lowest BCUT2D eigenvalue weighted by molar-refractivity contribution is 0.102. The fourth-order valence-corrected chi connectivity index (χ4v) is 2.71. The molecule has 0 aliphatic rings. The Balaban J connectivity index is 1.91. The van der Waals surface area contributed by atoms with Gasteiger partial charge in [-0.25, -0.2) is 0 Å². The van der Waals surface area contributed by atoms with E-state index in [1.165, 1.54) is 0 Å². The molecule has 3 aromatic rings. The maximum Gasteiger partial charge on any atom is 0.261 e. The van der Waals surface area contributed by atoms with Crippen molar-refractivity contribution in [1.82, 2.24) is 9.72 Å². The van der Waals surface area contributed by atoms with Crippen LogP contribution in [0.2, 0.25) is 0 Å². The summed E-state index contributed by atoms with van der Waals surface area (Å²) in [6.45, 7) is 4.89. The topological polar surface area (TPSA) is 69.3 Å². The van der Waals surface area contributed by atoms with Crippen LogP contribution in [0.3, 0.4) is 0 Å². The minimum atomic E-state index is -0.210. The molecule has 2 aromatic heterocycles. The Hall–Kier alpha value is -2.60. The highest BCUT2D eigenvalue weighted by atomic mass is 16.5. The van der Waals surface area contributed by atoms with Crippen LogP contribution in [0.4, 0.5) is 5.69 Å². The van der Waals surface area contributed by atoms with Crippen LogP contribution in [-0.2, 0) is 11.3 Å². The zero-order valence-corrected chi connectivity index (χ0v) is 13.4. The van der Waals surface area contributed by atoms with Crippen molar-refractivity contribution in [2.24, 2.45) is 0 Å².